The molecule has 0 radical (unpaired) electrons. The van der Waals surface area contributed by atoms with Gasteiger partial charge in [0.2, 0.25) is 0 Å². The van der Waals surface area contributed by atoms with Gasteiger partial charge < -0.3 is 4.74 Å². The molecular formula is C33H27N5O. The van der Waals surface area contributed by atoms with E-state index in [1.54, 1.807) is 4.68 Å². The number of rotatable bonds is 9. The van der Waals surface area contributed by atoms with Crippen LogP contribution < -0.4 is 10.1 Å². The number of para-hydroxylation sites is 1. The van der Waals surface area contributed by atoms with E-state index in [2.05, 4.69) is 81.5 Å². The van der Waals surface area contributed by atoms with Gasteiger partial charge >= 0.3 is 0 Å². The average molecular weight is 510 g/mol. The van der Waals surface area contributed by atoms with E-state index in [4.69, 9.17) is 4.74 Å². The van der Waals surface area contributed by atoms with E-state index in [1.807, 2.05) is 78.9 Å². The summed E-state index contributed by atoms with van der Waals surface area (Å²) in [4.78, 5) is 0. The van der Waals surface area contributed by atoms with Crippen LogP contribution in [0.1, 0.15) is 23.0 Å². The number of benzene rings is 5. The smallest absolute Gasteiger partial charge is 0.178 e. The molecule has 0 bridgehead atoms. The van der Waals surface area contributed by atoms with Crippen LogP contribution in [0.15, 0.2) is 140 Å². The lowest BCUT2D eigenvalue weighted by molar-refractivity contribution is 0.482. The van der Waals surface area contributed by atoms with Crippen LogP contribution in [0.2, 0.25) is 0 Å². The number of aromatic nitrogens is 4. The van der Waals surface area contributed by atoms with E-state index < -0.39 is 0 Å². The van der Waals surface area contributed by atoms with E-state index in [-0.39, 0.29) is 6.04 Å². The van der Waals surface area contributed by atoms with Crippen LogP contribution in [0.5, 0.6) is 11.5 Å². The van der Waals surface area contributed by atoms with Gasteiger partial charge in [-0.3, -0.25) is 5.32 Å². The Morgan fingerprint density at radius 2 is 1.21 bits per heavy atom. The number of hydrogen-bond donors (Lipinski definition) is 1. The number of nitrogens with zero attached hydrogens (tertiary/aromatic N) is 4. The molecular weight excluding hydrogens is 482 g/mol. The monoisotopic (exact) mass is 509 g/mol. The Morgan fingerprint density at radius 1 is 0.615 bits per heavy atom. The number of nitrogens with one attached hydrogen (secondary N) is 1. The molecule has 0 aliphatic carbocycles. The number of ether oxygens (including phenoxy) is 1. The van der Waals surface area contributed by atoms with Gasteiger partial charge in [0, 0.05) is 6.54 Å². The van der Waals surface area contributed by atoms with Crippen molar-refractivity contribution in [2.75, 3.05) is 0 Å². The van der Waals surface area contributed by atoms with E-state index in [1.165, 1.54) is 11.1 Å². The van der Waals surface area contributed by atoms with Gasteiger partial charge in [0.05, 0.1) is 11.7 Å². The minimum atomic E-state index is -0.231. The van der Waals surface area contributed by atoms with Crippen molar-refractivity contribution >= 4 is 0 Å². The minimum Gasteiger partial charge on any atom is -0.457 e. The van der Waals surface area contributed by atoms with E-state index in [9.17, 15) is 0 Å². The standard InChI is InChI=1S/C33H27N5O/c1-4-10-25(11-5-1)24-34-32(28-18-16-27(17-19-28)26-12-6-2-7-13-26)33-35-36-37-38(33)29-20-22-31(23-21-29)39-30-14-8-3-9-15-30/h1-23,32,34H,24H2. The van der Waals surface area contributed by atoms with Crippen LogP contribution in [-0.2, 0) is 6.54 Å². The summed E-state index contributed by atoms with van der Waals surface area (Å²) in [5.74, 6) is 2.24. The van der Waals surface area contributed by atoms with Gasteiger partial charge in [-0.2, -0.15) is 4.68 Å². The van der Waals surface area contributed by atoms with Crippen molar-refractivity contribution in [2.24, 2.45) is 0 Å². The van der Waals surface area contributed by atoms with Crippen LogP contribution >= 0.6 is 0 Å². The molecule has 6 nitrogen and oxygen atoms in total. The Labute approximate surface area is 227 Å². The van der Waals surface area contributed by atoms with Crippen molar-refractivity contribution in [1.82, 2.24) is 25.5 Å². The third-order valence-electron chi connectivity index (χ3n) is 6.52. The Hall–Kier alpha value is -5.07. The maximum atomic E-state index is 5.96. The van der Waals surface area contributed by atoms with Crippen LogP contribution in [0.25, 0.3) is 16.8 Å². The van der Waals surface area contributed by atoms with Gasteiger partial charge in [-0.05, 0) is 69.1 Å². The minimum absolute atomic E-state index is 0.231. The molecule has 1 atom stereocenters. The number of tetrazole rings is 1. The zero-order valence-corrected chi connectivity index (χ0v) is 21.3. The SMILES string of the molecule is c1ccc(CNC(c2ccc(-c3ccccc3)cc2)c2nnnn2-c2ccc(Oc3ccccc3)cc2)cc1. The van der Waals surface area contributed by atoms with Crippen molar-refractivity contribution in [3.05, 3.63) is 156 Å². The summed E-state index contributed by atoms with van der Waals surface area (Å²) in [7, 11) is 0. The molecule has 0 saturated heterocycles. The highest BCUT2D eigenvalue weighted by molar-refractivity contribution is 5.63. The molecule has 1 N–H and O–H groups in total. The lowest BCUT2D eigenvalue weighted by Crippen LogP contribution is -2.25. The van der Waals surface area contributed by atoms with Crippen molar-refractivity contribution < 1.29 is 4.74 Å². The van der Waals surface area contributed by atoms with Gasteiger partial charge in [0.1, 0.15) is 11.5 Å². The summed E-state index contributed by atoms with van der Waals surface area (Å²) >= 11 is 0. The fourth-order valence-corrected chi connectivity index (χ4v) is 4.51. The molecule has 6 aromatic rings. The Bertz CT molecular complexity index is 1600. The first kappa shape index (κ1) is 24.3. The largest absolute Gasteiger partial charge is 0.457 e. The molecule has 0 fully saturated rings. The predicted octanol–water partition coefficient (Wildman–Crippen LogP) is 7.00. The zero-order chi connectivity index (χ0) is 26.3. The lowest BCUT2D eigenvalue weighted by atomic mass is 10.00. The highest BCUT2D eigenvalue weighted by Gasteiger charge is 2.22. The van der Waals surface area contributed by atoms with E-state index in [0.29, 0.717) is 12.4 Å². The van der Waals surface area contributed by atoms with Crippen LogP contribution in [0.3, 0.4) is 0 Å². The highest BCUT2D eigenvalue weighted by Crippen LogP contribution is 2.27. The second kappa shape index (κ2) is 11.5. The topological polar surface area (TPSA) is 64.9 Å². The molecule has 39 heavy (non-hydrogen) atoms. The fourth-order valence-electron chi connectivity index (χ4n) is 4.51. The summed E-state index contributed by atoms with van der Waals surface area (Å²) < 4.78 is 7.74. The molecule has 0 aliphatic heterocycles. The highest BCUT2D eigenvalue weighted by atomic mass is 16.5. The molecule has 5 aromatic carbocycles. The van der Waals surface area contributed by atoms with Crippen LogP contribution in [-0.4, -0.2) is 20.2 Å². The Balaban J connectivity index is 1.30. The average Bonchev–Trinajstić information content (AvgIpc) is 3.49. The number of hydrogen-bond acceptors (Lipinski definition) is 5. The summed E-state index contributed by atoms with van der Waals surface area (Å²) in [6.07, 6.45) is 0. The normalized spacial score (nSPS) is 11.7. The quantitative estimate of drug-likeness (QED) is 0.227. The van der Waals surface area contributed by atoms with Crippen molar-refractivity contribution in [3.63, 3.8) is 0 Å². The summed E-state index contributed by atoms with van der Waals surface area (Å²) in [6.45, 7) is 0.669. The first-order chi connectivity index (χ1) is 19.3. The molecule has 6 rings (SSSR count). The summed E-state index contributed by atoms with van der Waals surface area (Å²) in [5, 5.41) is 16.5. The third kappa shape index (κ3) is 5.76. The summed E-state index contributed by atoms with van der Waals surface area (Å²) in [6, 6.07) is 46.5. The molecule has 0 amide bonds. The molecule has 1 heterocycles. The van der Waals surface area contributed by atoms with Gasteiger partial charge in [-0.1, -0.05) is 103 Å². The second-order valence-electron chi connectivity index (χ2n) is 9.15. The van der Waals surface area contributed by atoms with E-state index >= 15 is 0 Å². The molecule has 190 valence electrons. The van der Waals surface area contributed by atoms with Gasteiger partial charge in [-0.15, -0.1) is 5.10 Å². The lowest BCUT2D eigenvalue weighted by Gasteiger charge is -2.19. The van der Waals surface area contributed by atoms with Gasteiger partial charge in [0.25, 0.3) is 0 Å². The van der Waals surface area contributed by atoms with Gasteiger partial charge in [0.15, 0.2) is 5.82 Å². The molecule has 0 saturated carbocycles. The first-order valence-electron chi connectivity index (χ1n) is 12.9. The Morgan fingerprint density at radius 3 is 1.90 bits per heavy atom. The maximum absolute atomic E-state index is 5.96. The van der Waals surface area contributed by atoms with Crippen molar-refractivity contribution in [2.45, 2.75) is 12.6 Å². The van der Waals surface area contributed by atoms with Crippen molar-refractivity contribution in [1.29, 1.82) is 0 Å². The van der Waals surface area contributed by atoms with E-state index in [0.717, 1.165) is 28.3 Å². The maximum Gasteiger partial charge on any atom is 0.178 e. The first-order valence-corrected chi connectivity index (χ1v) is 12.9. The molecule has 1 unspecified atom stereocenters. The molecule has 0 spiro atoms. The predicted molar refractivity (Wildman–Crippen MR) is 153 cm³/mol. The summed E-state index contributed by atoms with van der Waals surface area (Å²) in [5.41, 5.74) is 5.45. The third-order valence-corrected chi connectivity index (χ3v) is 6.52. The Kier molecular flexibility index (Phi) is 7.19. The van der Waals surface area contributed by atoms with Crippen molar-refractivity contribution in [3.8, 4) is 28.3 Å². The molecule has 0 aliphatic rings. The van der Waals surface area contributed by atoms with Gasteiger partial charge in [-0.25, -0.2) is 0 Å². The van der Waals surface area contributed by atoms with Crippen LogP contribution in [0.4, 0.5) is 0 Å². The zero-order valence-electron chi connectivity index (χ0n) is 21.3. The molecule has 1 aromatic heterocycles. The van der Waals surface area contributed by atoms with Crippen LogP contribution in [0, 0.1) is 0 Å². The second-order valence-corrected chi connectivity index (χ2v) is 9.15. The fraction of sp³-hybridized carbons (Fsp3) is 0.0606. The molecule has 6 heteroatoms.